The summed E-state index contributed by atoms with van der Waals surface area (Å²) in [6.07, 6.45) is 0.967. The number of hydrogen-bond donors (Lipinski definition) is 1. The second-order valence-corrected chi connectivity index (χ2v) is 7.29. The average Bonchev–Trinajstić information content (AvgIpc) is 2.54. The number of nitrogens with one attached hydrogen (secondary N) is 1. The van der Waals surface area contributed by atoms with E-state index in [1.54, 1.807) is 24.3 Å². The van der Waals surface area contributed by atoms with Gasteiger partial charge in [0, 0.05) is 5.69 Å². The van der Waals surface area contributed by atoms with Crippen LogP contribution < -0.4 is 14.4 Å². The first-order valence-electron chi connectivity index (χ1n) is 7.42. The van der Waals surface area contributed by atoms with Crippen molar-refractivity contribution in [3.8, 4) is 5.75 Å². The van der Waals surface area contributed by atoms with Crippen molar-refractivity contribution in [2.75, 3.05) is 23.0 Å². The minimum absolute atomic E-state index is 0.0832. The summed E-state index contributed by atoms with van der Waals surface area (Å²) >= 11 is 0. The summed E-state index contributed by atoms with van der Waals surface area (Å²) in [6.45, 7) is 1.44. The Morgan fingerprint density at radius 3 is 2.36 bits per heavy atom. The van der Waals surface area contributed by atoms with Gasteiger partial charge in [-0.2, -0.15) is 0 Å². The Morgan fingerprint density at radius 2 is 1.84 bits per heavy atom. The molecule has 0 aliphatic heterocycles. The Hall–Kier alpha value is -2.61. The van der Waals surface area contributed by atoms with E-state index in [9.17, 15) is 17.6 Å². The fourth-order valence-corrected chi connectivity index (χ4v) is 3.51. The quantitative estimate of drug-likeness (QED) is 0.853. The third kappa shape index (κ3) is 4.69. The van der Waals surface area contributed by atoms with Crippen LogP contribution in [0.15, 0.2) is 48.5 Å². The molecule has 6 nitrogen and oxygen atoms in total. The first kappa shape index (κ1) is 18.7. The van der Waals surface area contributed by atoms with Crippen molar-refractivity contribution < 1.29 is 22.3 Å². The molecule has 1 unspecified atom stereocenters. The van der Waals surface area contributed by atoms with Gasteiger partial charge in [-0.05, 0) is 49.4 Å². The highest BCUT2D eigenvalue weighted by molar-refractivity contribution is 7.92. The van der Waals surface area contributed by atoms with Crippen LogP contribution in [-0.4, -0.2) is 33.7 Å². The van der Waals surface area contributed by atoms with Gasteiger partial charge in [-0.15, -0.1) is 0 Å². The molecule has 0 bridgehead atoms. The minimum Gasteiger partial charge on any atom is -0.497 e. The van der Waals surface area contributed by atoms with E-state index in [4.69, 9.17) is 4.74 Å². The van der Waals surface area contributed by atoms with E-state index in [1.807, 2.05) is 0 Å². The molecule has 0 aromatic heterocycles. The number of anilines is 2. The fourth-order valence-electron chi connectivity index (χ4n) is 2.34. The molecule has 2 rings (SSSR count). The molecule has 25 heavy (non-hydrogen) atoms. The summed E-state index contributed by atoms with van der Waals surface area (Å²) in [5, 5.41) is 2.64. The van der Waals surface area contributed by atoms with E-state index in [1.165, 1.54) is 32.2 Å². The second kappa shape index (κ2) is 7.52. The van der Waals surface area contributed by atoms with Crippen LogP contribution in [0.3, 0.4) is 0 Å². The summed E-state index contributed by atoms with van der Waals surface area (Å²) in [7, 11) is -2.27. The van der Waals surface area contributed by atoms with Crippen LogP contribution in [0.2, 0.25) is 0 Å². The van der Waals surface area contributed by atoms with E-state index in [0.717, 1.165) is 16.6 Å². The number of sulfonamides is 1. The predicted octanol–water partition coefficient (Wildman–Crippen LogP) is 2.63. The van der Waals surface area contributed by atoms with Gasteiger partial charge in [0.25, 0.3) is 0 Å². The Bertz CT molecular complexity index is 853. The molecule has 0 radical (unpaired) electrons. The molecular weight excluding hydrogens is 347 g/mol. The summed E-state index contributed by atoms with van der Waals surface area (Å²) < 4.78 is 43.7. The van der Waals surface area contributed by atoms with Crippen LogP contribution in [0.4, 0.5) is 15.8 Å². The van der Waals surface area contributed by atoms with Gasteiger partial charge >= 0.3 is 0 Å². The maximum Gasteiger partial charge on any atom is 0.247 e. The standard InChI is InChI=1S/C17H19FN2O4S/c1-12(17(21)19-14-7-9-16(24-2)10-8-14)20(25(3,22)23)15-6-4-5-13(18)11-15/h4-12H,1-3H3,(H,19,21). The molecule has 1 atom stereocenters. The largest absolute Gasteiger partial charge is 0.497 e. The second-order valence-electron chi connectivity index (χ2n) is 5.43. The van der Waals surface area contributed by atoms with Crippen molar-refractivity contribution in [2.45, 2.75) is 13.0 Å². The third-order valence-corrected chi connectivity index (χ3v) is 4.75. The van der Waals surface area contributed by atoms with Gasteiger partial charge in [-0.25, -0.2) is 12.8 Å². The van der Waals surface area contributed by atoms with Crippen LogP contribution in [0.25, 0.3) is 0 Å². The molecule has 0 aliphatic rings. The maximum atomic E-state index is 13.5. The van der Waals surface area contributed by atoms with Crippen molar-refractivity contribution in [3.63, 3.8) is 0 Å². The maximum absolute atomic E-state index is 13.5. The number of carbonyl (C=O) groups is 1. The summed E-state index contributed by atoms with van der Waals surface area (Å²) in [6, 6.07) is 10.6. The highest BCUT2D eigenvalue weighted by Crippen LogP contribution is 2.23. The Labute approximate surface area is 146 Å². The lowest BCUT2D eigenvalue weighted by Gasteiger charge is -2.28. The molecule has 0 aliphatic carbocycles. The van der Waals surface area contributed by atoms with E-state index in [0.29, 0.717) is 11.4 Å². The molecule has 1 amide bonds. The lowest BCUT2D eigenvalue weighted by atomic mass is 10.2. The van der Waals surface area contributed by atoms with Gasteiger partial charge in [-0.1, -0.05) is 6.07 Å². The van der Waals surface area contributed by atoms with Crippen molar-refractivity contribution in [3.05, 3.63) is 54.3 Å². The first-order valence-corrected chi connectivity index (χ1v) is 9.27. The van der Waals surface area contributed by atoms with Crippen LogP contribution in [-0.2, 0) is 14.8 Å². The lowest BCUT2D eigenvalue weighted by molar-refractivity contribution is -0.116. The highest BCUT2D eigenvalue weighted by Gasteiger charge is 2.29. The van der Waals surface area contributed by atoms with Gasteiger partial charge in [0.1, 0.15) is 17.6 Å². The normalized spacial score (nSPS) is 12.3. The summed E-state index contributed by atoms with van der Waals surface area (Å²) in [5.41, 5.74) is 0.574. The molecule has 0 spiro atoms. The van der Waals surface area contributed by atoms with E-state index >= 15 is 0 Å². The molecule has 0 saturated carbocycles. The molecule has 8 heteroatoms. The van der Waals surface area contributed by atoms with Crippen LogP contribution in [0, 0.1) is 5.82 Å². The Morgan fingerprint density at radius 1 is 1.20 bits per heavy atom. The third-order valence-electron chi connectivity index (χ3n) is 3.51. The van der Waals surface area contributed by atoms with Gasteiger partial charge in [-0.3, -0.25) is 9.10 Å². The molecule has 0 saturated heterocycles. The van der Waals surface area contributed by atoms with Crippen LogP contribution in [0.5, 0.6) is 5.75 Å². The summed E-state index contributed by atoms with van der Waals surface area (Å²) in [5.74, 6) is -0.502. The van der Waals surface area contributed by atoms with Gasteiger partial charge in [0.05, 0.1) is 19.1 Å². The highest BCUT2D eigenvalue weighted by atomic mass is 32.2. The zero-order valence-electron chi connectivity index (χ0n) is 14.1. The fraction of sp³-hybridized carbons (Fsp3) is 0.235. The molecule has 0 fully saturated rings. The van der Waals surface area contributed by atoms with E-state index in [2.05, 4.69) is 5.32 Å². The van der Waals surface area contributed by atoms with Crippen molar-refractivity contribution in [2.24, 2.45) is 0 Å². The van der Waals surface area contributed by atoms with Crippen molar-refractivity contribution >= 4 is 27.3 Å². The number of methoxy groups -OCH3 is 1. The van der Waals surface area contributed by atoms with Crippen LogP contribution >= 0.6 is 0 Å². The average molecular weight is 366 g/mol. The van der Waals surface area contributed by atoms with Crippen molar-refractivity contribution in [1.82, 2.24) is 0 Å². The number of rotatable bonds is 6. The smallest absolute Gasteiger partial charge is 0.247 e. The monoisotopic (exact) mass is 366 g/mol. The number of ether oxygens (including phenoxy) is 1. The van der Waals surface area contributed by atoms with Crippen LogP contribution in [0.1, 0.15) is 6.92 Å². The van der Waals surface area contributed by atoms with Gasteiger partial charge < -0.3 is 10.1 Å². The molecule has 1 N–H and O–H groups in total. The number of hydrogen-bond acceptors (Lipinski definition) is 4. The van der Waals surface area contributed by atoms with Gasteiger partial charge in [0.2, 0.25) is 15.9 Å². The topological polar surface area (TPSA) is 75.7 Å². The Balaban J connectivity index is 2.26. The molecule has 134 valence electrons. The summed E-state index contributed by atoms with van der Waals surface area (Å²) in [4.78, 5) is 12.5. The zero-order valence-corrected chi connectivity index (χ0v) is 14.9. The SMILES string of the molecule is COc1ccc(NC(=O)C(C)N(c2cccc(F)c2)S(C)(=O)=O)cc1. The number of carbonyl (C=O) groups excluding carboxylic acids is 1. The lowest BCUT2D eigenvalue weighted by Crippen LogP contribution is -2.45. The van der Waals surface area contributed by atoms with E-state index in [-0.39, 0.29) is 5.69 Å². The van der Waals surface area contributed by atoms with Crippen molar-refractivity contribution in [1.29, 1.82) is 0 Å². The minimum atomic E-state index is -3.80. The number of nitrogens with zero attached hydrogens (tertiary/aromatic N) is 1. The molecule has 2 aromatic rings. The molecule has 0 heterocycles. The van der Waals surface area contributed by atoms with E-state index < -0.39 is 27.8 Å². The zero-order chi connectivity index (χ0) is 18.6. The first-order chi connectivity index (χ1) is 11.7. The van der Waals surface area contributed by atoms with Gasteiger partial charge in [0.15, 0.2) is 0 Å². The Kier molecular flexibility index (Phi) is 5.63. The predicted molar refractivity (Wildman–Crippen MR) is 94.8 cm³/mol. The molecular formula is C17H19FN2O4S. The molecule has 2 aromatic carbocycles. The number of benzene rings is 2. The number of halogens is 1. The number of amides is 1.